The van der Waals surface area contributed by atoms with Crippen LogP contribution < -0.4 is 0 Å². The number of amides is 1. The van der Waals surface area contributed by atoms with Crippen LogP contribution in [-0.4, -0.2) is 21.4 Å². The van der Waals surface area contributed by atoms with Crippen molar-refractivity contribution in [2.75, 3.05) is 0 Å². The summed E-state index contributed by atoms with van der Waals surface area (Å²) < 4.78 is 2.29. The molecule has 0 radical (unpaired) electrons. The average molecular weight is 437 g/mol. The maximum atomic E-state index is 13.8. The molecule has 3 heteroatoms. The SMILES string of the molecule is Cc1cccc(Cn2cccc2CN(C(=O)c2ccc3ccccc3c2)C2CCCCC2)c1. The Kier molecular flexibility index (Phi) is 6.30. The molecule has 1 amide bonds. The van der Waals surface area contributed by atoms with Crippen LogP contribution in [0.25, 0.3) is 10.8 Å². The number of aryl methyl sites for hydroxylation is 1. The second-order valence-corrected chi connectivity index (χ2v) is 9.40. The van der Waals surface area contributed by atoms with Crippen LogP contribution in [0.1, 0.15) is 59.3 Å². The van der Waals surface area contributed by atoms with Gasteiger partial charge in [0.1, 0.15) is 0 Å². The molecule has 1 heterocycles. The molecule has 1 saturated carbocycles. The zero-order chi connectivity index (χ0) is 22.6. The largest absolute Gasteiger partial charge is 0.345 e. The van der Waals surface area contributed by atoms with Crippen molar-refractivity contribution in [2.45, 2.75) is 58.2 Å². The maximum absolute atomic E-state index is 13.8. The molecule has 0 spiro atoms. The fourth-order valence-corrected chi connectivity index (χ4v) is 5.18. The quantitative estimate of drug-likeness (QED) is 0.320. The lowest BCUT2D eigenvalue weighted by Gasteiger charge is -2.35. The highest BCUT2D eigenvalue weighted by molar-refractivity contribution is 5.98. The Labute approximate surface area is 196 Å². The number of carbonyl (C=O) groups excluding carboxylic acids is 1. The Bertz CT molecular complexity index is 1250. The molecule has 0 unspecified atom stereocenters. The van der Waals surface area contributed by atoms with E-state index < -0.39 is 0 Å². The van der Waals surface area contributed by atoms with Gasteiger partial charge >= 0.3 is 0 Å². The third-order valence-corrected chi connectivity index (χ3v) is 6.96. The Morgan fingerprint density at radius 1 is 0.879 bits per heavy atom. The summed E-state index contributed by atoms with van der Waals surface area (Å²) in [4.78, 5) is 16.0. The monoisotopic (exact) mass is 436 g/mol. The van der Waals surface area contributed by atoms with E-state index in [1.807, 2.05) is 18.2 Å². The molecule has 1 fully saturated rings. The fraction of sp³-hybridized carbons (Fsp3) is 0.300. The summed E-state index contributed by atoms with van der Waals surface area (Å²) >= 11 is 0. The van der Waals surface area contributed by atoms with Crippen molar-refractivity contribution in [3.05, 3.63) is 107 Å². The van der Waals surface area contributed by atoms with Gasteiger partial charge in [-0.15, -0.1) is 0 Å². The van der Waals surface area contributed by atoms with Gasteiger partial charge in [0.05, 0.1) is 6.54 Å². The van der Waals surface area contributed by atoms with Crippen molar-refractivity contribution in [3.63, 3.8) is 0 Å². The standard InChI is InChI=1S/C30H32N2O/c1-23-9-7-10-24(19-23)21-31-18-8-15-29(31)22-32(28-13-3-2-4-14-28)30(33)27-17-16-25-11-5-6-12-26(25)20-27/h5-12,15-20,28H,2-4,13-14,21-22H2,1H3. The van der Waals surface area contributed by atoms with Gasteiger partial charge in [-0.3, -0.25) is 4.79 Å². The van der Waals surface area contributed by atoms with Crippen molar-refractivity contribution in [2.24, 2.45) is 0 Å². The number of fused-ring (bicyclic) bond motifs is 1. The molecule has 1 aliphatic rings. The highest BCUT2D eigenvalue weighted by atomic mass is 16.2. The first-order valence-corrected chi connectivity index (χ1v) is 12.2. The minimum Gasteiger partial charge on any atom is -0.345 e. The molecule has 0 bridgehead atoms. The molecule has 0 saturated heterocycles. The molecule has 1 aliphatic carbocycles. The zero-order valence-electron chi connectivity index (χ0n) is 19.4. The molecular weight excluding hydrogens is 404 g/mol. The first-order valence-electron chi connectivity index (χ1n) is 12.2. The molecule has 0 N–H and O–H groups in total. The van der Waals surface area contributed by atoms with Crippen LogP contribution in [0.5, 0.6) is 0 Å². The number of rotatable bonds is 6. The van der Waals surface area contributed by atoms with Crippen LogP contribution in [0.4, 0.5) is 0 Å². The minimum atomic E-state index is 0.149. The van der Waals surface area contributed by atoms with E-state index in [0.29, 0.717) is 12.6 Å². The molecule has 5 rings (SSSR count). The topological polar surface area (TPSA) is 25.2 Å². The molecule has 1 aromatic heterocycles. The van der Waals surface area contributed by atoms with Crippen molar-refractivity contribution >= 4 is 16.7 Å². The molecule has 3 nitrogen and oxygen atoms in total. The number of hydrogen-bond acceptors (Lipinski definition) is 1. The van der Waals surface area contributed by atoms with Gasteiger partial charge in [-0.05, 0) is 60.4 Å². The minimum absolute atomic E-state index is 0.149. The molecular formula is C30H32N2O. The van der Waals surface area contributed by atoms with E-state index in [9.17, 15) is 4.79 Å². The van der Waals surface area contributed by atoms with Gasteiger partial charge in [-0.2, -0.15) is 0 Å². The van der Waals surface area contributed by atoms with Crippen LogP contribution in [-0.2, 0) is 13.1 Å². The highest BCUT2D eigenvalue weighted by Crippen LogP contribution is 2.27. The summed E-state index contributed by atoms with van der Waals surface area (Å²) in [5, 5.41) is 2.29. The Morgan fingerprint density at radius 2 is 1.70 bits per heavy atom. The number of hydrogen-bond donors (Lipinski definition) is 0. The van der Waals surface area contributed by atoms with Gasteiger partial charge in [0.15, 0.2) is 0 Å². The normalized spacial score (nSPS) is 14.5. The van der Waals surface area contributed by atoms with Crippen molar-refractivity contribution in [1.82, 2.24) is 9.47 Å². The maximum Gasteiger partial charge on any atom is 0.254 e. The summed E-state index contributed by atoms with van der Waals surface area (Å²) in [7, 11) is 0. The van der Waals surface area contributed by atoms with Gasteiger partial charge in [0, 0.05) is 30.0 Å². The van der Waals surface area contributed by atoms with Crippen molar-refractivity contribution in [3.8, 4) is 0 Å². The lowest BCUT2D eigenvalue weighted by Crippen LogP contribution is -2.41. The van der Waals surface area contributed by atoms with Gasteiger partial charge in [-0.1, -0.05) is 79.4 Å². The average Bonchev–Trinajstić information content (AvgIpc) is 3.29. The lowest BCUT2D eigenvalue weighted by molar-refractivity contribution is 0.0609. The van der Waals surface area contributed by atoms with E-state index in [2.05, 4.69) is 83.3 Å². The second-order valence-electron chi connectivity index (χ2n) is 9.40. The third-order valence-electron chi connectivity index (χ3n) is 6.96. The van der Waals surface area contributed by atoms with Crippen LogP contribution >= 0.6 is 0 Å². The lowest BCUT2D eigenvalue weighted by atomic mass is 9.93. The van der Waals surface area contributed by atoms with E-state index in [0.717, 1.165) is 30.3 Å². The Morgan fingerprint density at radius 3 is 2.52 bits per heavy atom. The predicted molar refractivity (Wildman–Crippen MR) is 135 cm³/mol. The van der Waals surface area contributed by atoms with Crippen LogP contribution in [0.15, 0.2) is 85.1 Å². The number of carbonyl (C=O) groups is 1. The first kappa shape index (κ1) is 21.5. The first-order chi connectivity index (χ1) is 16.2. The second kappa shape index (κ2) is 9.66. The smallest absolute Gasteiger partial charge is 0.254 e. The van der Waals surface area contributed by atoms with Crippen LogP contribution in [0.3, 0.4) is 0 Å². The predicted octanol–water partition coefficient (Wildman–Crippen LogP) is 6.97. The number of benzene rings is 3. The molecule has 3 aromatic carbocycles. The summed E-state index contributed by atoms with van der Waals surface area (Å²) in [6.45, 7) is 3.61. The van der Waals surface area contributed by atoms with Crippen molar-refractivity contribution < 1.29 is 4.79 Å². The number of aromatic nitrogens is 1. The van der Waals surface area contributed by atoms with E-state index in [-0.39, 0.29) is 5.91 Å². The number of nitrogens with zero attached hydrogens (tertiary/aromatic N) is 2. The van der Waals surface area contributed by atoms with E-state index in [4.69, 9.17) is 0 Å². The summed E-state index contributed by atoms with van der Waals surface area (Å²) in [5.41, 5.74) is 4.54. The zero-order valence-corrected chi connectivity index (χ0v) is 19.4. The third kappa shape index (κ3) is 4.88. The fourth-order valence-electron chi connectivity index (χ4n) is 5.18. The Balaban J connectivity index is 1.43. The van der Waals surface area contributed by atoms with E-state index in [1.54, 1.807) is 0 Å². The van der Waals surface area contributed by atoms with Gasteiger partial charge < -0.3 is 9.47 Å². The van der Waals surface area contributed by atoms with Gasteiger partial charge in [-0.25, -0.2) is 0 Å². The van der Waals surface area contributed by atoms with E-state index >= 15 is 0 Å². The summed E-state index contributed by atoms with van der Waals surface area (Å²) in [6.07, 6.45) is 8.01. The molecule has 4 aromatic rings. The summed E-state index contributed by atoms with van der Waals surface area (Å²) in [5.74, 6) is 0.149. The highest BCUT2D eigenvalue weighted by Gasteiger charge is 2.27. The van der Waals surface area contributed by atoms with Crippen LogP contribution in [0, 0.1) is 6.92 Å². The van der Waals surface area contributed by atoms with Gasteiger partial charge in [0.2, 0.25) is 0 Å². The molecule has 33 heavy (non-hydrogen) atoms. The van der Waals surface area contributed by atoms with E-state index in [1.165, 1.54) is 41.5 Å². The van der Waals surface area contributed by atoms with Crippen LogP contribution in [0.2, 0.25) is 0 Å². The van der Waals surface area contributed by atoms with Crippen molar-refractivity contribution in [1.29, 1.82) is 0 Å². The molecule has 168 valence electrons. The summed E-state index contributed by atoms with van der Waals surface area (Å²) in [6, 6.07) is 27.6. The van der Waals surface area contributed by atoms with Gasteiger partial charge in [0.25, 0.3) is 5.91 Å². The molecule has 0 atom stereocenters. The Hall–Kier alpha value is -3.33. The molecule has 0 aliphatic heterocycles.